The average molecular weight is 1270 g/mol. The van der Waals surface area contributed by atoms with Gasteiger partial charge < -0.3 is 91.4 Å². The van der Waals surface area contributed by atoms with Crippen LogP contribution in [0.25, 0.3) is 0 Å². The van der Waals surface area contributed by atoms with Crippen molar-refractivity contribution in [1.29, 1.82) is 0 Å². The molecule has 0 saturated carbocycles. The van der Waals surface area contributed by atoms with Crippen LogP contribution in [0.5, 0.6) is 5.75 Å². The first-order chi connectivity index (χ1) is 41.8. The number of amides is 10. The number of guanidine groups is 1. The van der Waals surface area contributed by atoms with Crippen LogP contribution in [-0.4, -0.2) is 189 Å². The summed E-state index contributed by atoms with van der Waals surface area (Å²) in [5.74, 6) is -11.0. The lowest BCUT2D eigenvalue weighted by molar-refractivity contribution is -0.143. The van der Waals surface area contributed by atoms with E-state index in [4.69, 9.17) is 28.7 Å². The van der Waals surface area contributed by atoms with Gasteiger partial charge in [-0.2, -0.15) is 25.3 Å². The first-order valence-electron chi connectivity index (χ1n) is 29.2. The van der Waals surface area contributed by atoms with Crippen molar-refractivity contribution >= 4 is 96.3 Å². The second-order valence-electron chi connectivity index (χ2n) is 21.6. The summed E-state index contributed by atoms with van der Waals surface area (Å²) in [6, 6.07) is 0.406. The van der Waals surface area contributed by atoms with E-state index in [1.165, 1.54) is 24.3 Å². The fourth-order valence-corrected chi connectivity index (χ4v) is 9.81. The molecule has 2 aromatic rings. The molecular weight excluding hydrogens is 1180 g/mol. The molecule has 12 atom stereocenters. The Balaban J connectivity index is 2.03. The summed E-state index contributed by atoms with van der Waals surface area (Å²) in [6.45, 7) is 5.09. The van der Waals surface area contributed by atoms with Gasteiger partial charge in [0.2, 0.25) is 59.1 Å². The molecule has 1 aliphatic heterocycles. The normalized spacial score (nSPS) is 17.1. The number of hydrogen-bond acceptors (Lipinski definition) is 18. The van der Waals surface area contributed by atoms with Gasteiger partial charge in [-0.15, -0.1) is 0 Å². The molecule has 2 aromatic carbocycles. The maximum atomic E-state index is 14.9. The molecule has 1 aliphatic rings. The molecule has 21 N–H and O–H groups in total. The summed E-state index contributed by atoms with van der Waals surface area (Å²) < 4.78 is 0. The number of phenols is 1. The third-order valence-corrected chi connectivity index (χ3v) is 15.3. The third-order valence-electron chi connectivity index (χ3n) is 14.6. The third kappa shape index (κ3) is 25.2. The van der Waals surface area contributed by atoms with E-state index in [1.54, 1.807) is 51.1 Å². The topological polar surface area (TPSA) is 490 Å². The predicted molar refractivity (Wildman–Crippen MR) is 332 cm³/mol. The molecule has 1 heterocycles. The van der Waals surface area contributed by atoms with E-state index in [-0.39, 0.29) is 101 Å². The Morgan fingerprint density at radius 3 is 1.65 bits per heavy atom. The highest BCUT2D eigenvalue weighted by Gasteiger charge is 2.44. The number of β-amino-alcohol motifs (C(OH)–C–C–N with tert-alkyl or cyclic N) is 1. The number of carboxylic acid groups (broad SMARTS) is 1. The number of rotatable bonds is 39. The number of nitrogens with one attached hydrogen (secondary N) is 8. The van der Waals surface area contributed by atoms with Crippen LogP contribution in [0.15, 0.2) is 59.6 Å². The van der Waals surface area contributed by atoms with E-state index in [0.717, 1.165) is 4.90 Å². The number of likely N-dealkylation sites (tertiary alicyclic amines) is 1. The summed E-state index contributed by atoms with van der Waals surface area (Å²) in [5, 5.41) is 51.6. The fraction of sp³-hybridized carbons (Fsp3) is 0.579. The van der Waals surface area contributed by atoms with Crippen LogP contribution in [0.4, 0.5) is 0 Å². The van der Waals surface area contributed by atoms with Gasteiger partial charge in [-0.25, -0.2) is 4.79 Å². The minimum atomic E-state index is -1.57. The minimum absolute atomic E-state index is 0.0375. The van der Waals surface area contributed by atoms with Crippen molar-refractivity contribution in [2.45, 2.75) is 171 Å². The summed E-state index contributed by atoms with van der Waals surface area (Å²) in [4.78, 5) is 156. The number of hydrogen-bond donors (Lipinski definition) is 18. The Kier molecular flexibility index (Phi) is 32.6. The number of aliphatic hydroxyl groups excluding tert-OH is 1. The number of primary amides is 1. The zero-order valence-electron chi connectivity index (χ0n) is 49.9. The Morgan fingerprint density at radius 2 is 1.12 bits per heavy atom. The second-order valence-corrected chi connectivity index (χ2v) is 22.3. The molecule has 1 fully saturated rings. The first kappa shape index (κ1) is 74.5. The van der Waals surface area contributed by atoms with Crippen LogP contribution >= 0.6 is 25.3 Å². The van der Waals surface area contributed by atoms with E-state index >= 15 is 0 Å². The second kappa shape index (κ2) is 38.5. The first-order valence-corrected chi connectivity index (χ1v) is 30.5. The van der Waals surface area contributed by atoms with Crippen molar-refractivity contribution in [3.8, 4) is 5.75 Å². The molecule has 0 aromatic heterocycles. The lowest BCUT2D eigenvalue weighted by Gasteiger charge is -2.32. The molecule has 3 rings (SSSR count). The van der Waals surface area contributed by atoms with Gasteiger partial charge in [0.1, 0.15) is 60.1 Å². The molecule has 0 unspecified atom stereocenters. The van der Waals surface area contributed by atoms with E-state index in [9.17, 15) is 68.1 Å². The largest absolute Gasteiger partial charge is 0.508 e. The predicted octanol–water partition coefficient (Wildman–Crippen LogP) is -3.42. The molecular formula is C57H89N15O14S2. The molecule has 0 aliphatic carbocycles. The van der Waals surface area contributed by atoms with Crippen molar-refractivity contribution < 1.29 is 68.1 Å². The molecule has 88 heavy (non-hydrogen) atoms. The highest BCUT2D eigenvalue weighted by molar-refractivity contribution is 7.80. The number of unbranched alkanes of at least 4 members (excludes halogenated alkanes) is 1. The fourth-order valence-electron chi connectivity index (χ4n) is 9.40. The summed E-state index contributed by atoms with van der Waals surface area (Å²) >= 11 is 8.06. The number of nitrogens with two attached hydrogens (primary N) is 5. The van der Waals surface area contributed by atoms with E-state index in [0.29, 0.717) is 30.4 Å². The number of carbonyl (C=O) groups excluding carboxylic acids is 10. The number of nitrogens with zero attached hydrogens (tertiary/aromatic N) is 2. The van der Waals surface area contributed by atoms with Crippen LogP contribution in [-0.2, 0) is 65.6 Å². The van der Waals surface area contributed by atoms with Gasteiger partial charge in [-0.05, 0) is 80.7 Å². The van der Waals surface area contributed by atoms with Crippen LogP contribution in [0, 0.1) is 5.92 Å². The maximum Gasteiger partial charge on any atom is 0.327 e. The van der Waals surface area contributed by atoms with Crippen molar-refractivity contribution in [2.24, 2.45) is 39.6 Å². The van der Waals surface area contributed by atoms with Gasteiger partial charge in [-0.3, -0.25) is 52.9 Å². The van der Waals surface area contributed by atoms with Crippen molar-refractivity contribution in [3.05, 3.63) is 65.7 Å². The maximum absolute atomic E-state index is 14.9. The lowest BCUT2D eigenvalue weighted by atomic mass is 9.96. The number of aromatic hydroxyl groups is 1. The van der Waals surface area contributed by atoms with Gasteiger partial charge in [-0.1, -0.05) is 76.1 Å². The molecule has 0 bridgehead atoms. The molecule has 29 nitrogen and oxygen atoms in total. The monoisotopic (exact) mass is 1270 g/mol. The standard InChI is InChI=1S/C57H89N15O14S2/c1-4-12-37(48(77)70-43(30-88)56(85)86)66-54(83)46(31(3)5-2)71-53(82)44-27-35(74)28-72(44)55(84)40(15-9-10-23-58)67-51(80)41(25-32-13-7-6-8-14-32)69-52(81)42(26-33-17-19-34(73)20-18-33)68-50(79)39(21-22-45(60)75)65-49(78)38(16-11-24-63-57(61)62)64-47(76)36(59)29-87/h6-8,13-14,17-20,31,35-44,46,73-74,87-88H,4-5,9-12,15-16,21-30,58-59H2,1-3H3,(H2,60,75)(H,64,76)(H,65,78)(H,66,83)(H,67,80)(H,68,79)(H,69,81)(H,70,77)(H,71,82)(H,85,86)(H4,61,62,63)/t31-,35+,36-,37-,38-,39-,40-,41-,42-,43-,44-,46-/m0/s1. The van der Waals surface area contributed by atoms with Crippen LogP contribution in [0.2, 0.25) is 0 Å². The van der Waals surface area contributed by atoms with Crippen LogP contribution in [0.3, 0.4) is 0 Å². The van der Waals surface area contributed by atoms with E-state index in [1.807, 2.05) is 0 Å². The SMILES string of the molecule is CCC[C@H](NC(=O)[C@@H](NC(=O)[C@@H]1C[C@@H](O)CN1C(=O)[C@H](CCCCN)NC(=O)[C@H](Cc1ccccc1)NC(=O)[C@H](Cc1ccc(O)cc1)NC(=O)[C@H](CCC(N)=O)NC(=O)[C@H](CCCN=C(N)N)NC(=O)[C@@H](N)CS)[C@@H](C)CC)C(=O)N[C@@H](CS)C(=O)O. The highest BCUT2D eigenvalue weighted by atomic mass is 32.1. The minimum Gasteiger partial charge on any atom is -0.508 e. The molecule has 31 heteroatoms. The zero-order chi connectivity index (χ0) is 65.6. The van der Waals surface area contributed by atoms with Crippen molar-refractivity contribution in [1.82, 2.24) is 47.4 Å². The lowest BCUT2D eigenvalue weighted by Crippen LogP contribution is -2.61. The van der Waals surface area contributed by atoms with E-state index in [2.05, 4.69) is 72.8 Å². The molecule has 10 amide bonds. The molecule has 0 spiro atoms. The van der Waals surface area contributed by atoms with Crippen LogP contribution in [0.1, 0.15) is 103 Å². The molecule has 1 saturated heterocycles. The van der Waals surface area contributed by atoms with Gasteiger partial charge >= 0.3 is 5.97 Å². The number of aliphatic imine (C=N–C) groups is 1. The van der Waals surface area contributed by atoms with Gasteiger partial charge in [0.15, 0.2) is 5.96 Å². The Morgan fingerprint density at radius 1 is 0.625 bits per heavy atom. The number of carboxylic acids is 1. The molecule has 0 radical (unpaired) electrons. The smallest absolute Gasteiger partial charge is 0.327 e. The van der Waals surface area contributed by atoms with Gasteiger partial charge in [0.25, 0.3) is 0 Å². The summed E-state index contributed by atoms with van der Waals surface area (Å²) in [6.07, 6.45) is -1.15. The Labute approximate surface area is 522 Å². The van der Waals surface area contributed by atoms with Gasteiger partial charge in [0, 0.05) is 50.3 Å². The van der Waals surface area contributed by atoms with Crippen LogP contribution < -0.4 is 71.2 Å². The van der Waals surface area contributed by atoms with Crippen molar-refractivity contribution in [2.75, 3.05) is 31.1 Å². The van der Waals surface area contributed by atoms with Gasteiger partial charge in [0.05, 0.1) is 12.1 Å². The number of carbonyl (C=O) groups is 11. The number of aliphatic carboxylic acids is 1. The average Bonchev–Trinajstić information content (AvgIpc) is 4.14. The Hall–Kier alpha value is -7.74. The zero-order valence-corrected chi connectivity index (χ0v) is 51.6. The number of thiol groups is 2. The molecule has 488 valence electrons. The highest BCUT2D eigenvalue weighted by Crippen LogP contribution is 2.23. The van der Waals surface area contributed by atoms with E-state index < -0.39 is 144 Å². The summed E-state index contributed by atoms with van der Waals surface area (Å²) in [5.41, 5.74) is 29.1. The van der Waals surface area contributed by atoms with Crippen molar-refractivity contribution in [3.63, 3.8) is 0 Å². The Bertz CT molecular complexity index is 2690. The number of phenolic OH excluding ortho intramolecular Hbond substituents is 1. The number of benzene rings is 2. The number of aliphatic hydroxyl groups is 1. The summed E-state index contributed by atoms with van der Waals surface area (Å²) in [7, 11) is 0. The quantitative estimate of drug-likeness (QED) is 0.0134.